The van der Waals surface area contributed by atoms with Crippen LogP contribution < -0.4 is 0 Å². The van der Waals surface area contributed by atoms with Crippen molar-refractivity contribution in [2.24, 2.45) is 47.3 Å². The molecule has 2 rings (SSSR count). The number of likely N-dealkylation sites (tertiary alicyclic amines) is 1. The van der Waals surface area contributed by atoms with E-state index in [1.54, 1.807) is 25.9 Å². The second-order valence-corrected chi connectivity index (χ2v) is 25.4. The van der Waals surface area contributed by atoms with Crippen LogP contribution in [-0.4, -0.2) is 116 Å². The number of Topliss-reactive ketones (excluding diaryl/α,β-unsaturated/α-hetero) is 1. The molecule has 2 fully saturated rings. The van der Waals surface area contributed by atoms with Gasteiger partial charge in [-0.2, -0.15) is 5.26 Å². The molecule has 1 aliphatic carbocycles. The molecular weight excluding hydrogens is 941 g/mol. The molecule has 0 atom stereocenters. The molecule has 1 aliphatic heterocycles. The number of allylic oxidation sites excluding steroid dienone is 2. The summed E-state index contributed by atoms with van der Waals surface area (Å²) in [5.74, 6) is 6.65. The van der Waals surface area contributed by atoms with Crippen LogP contribution in [0.5, 0.6) is 0 Å². The minimum absolute atomic E-state index is 0. The number of amides is 3. The maximum atomic E-state index is 11.8. The third kappa shape index (κ3) is 63.2. The van der Waals surface area contributed by atoms with E-state index < -0.39 is 0 Å². The molecule has 10 heteroatoms. The molecule has 452 valence electrons. The lowest BCUT2D eigenvalue weighted by Crippen LogP contribution is -2.38. The number of hydrogen-bond acceptors (Lipinski definition) is 7. The van der Waals surface area contributed by atoms with Gasteiger partial charge in [0.15, 0.2) is 0 Å². The van der Waals surface area contributed by atoms with E-state index >= 15 is 0 Å². The van der Waals surface area contributed by atoms with Gasteiger partial charge in [-0.1, -0.05) is 157 Å². The first-order chi connectivity index (χ1) is 34.7. The highest BCUT2D eigenvalue weighted by molar-refractivity contribution is 5.77. The van der Waals surface area contributed by atoms with Gasteiger partial charge < -0.3 is 29.3 Å². The lowest BCUT2D eigenvalue weighted by Gasteiger charge is -2.31. The summed E-state index contributed by atoms with van der Waals surface area (Å²) in [6, 6.07) is 2.62. The lowest BCUT2D eigenvalue weighted by atomic mass is 9.94. The van der Waals surface area contributed by atoms with E-state index in [1.165, 1.54) is 75.6 Å². The van der Waals surface area contributed by atoms with Crippen LogP contribution in [0, 0.1) is 58.7 Å². The molecule has 0 radical (unpaired) electrons. The monoisotopic (exact) mass is 1080 g/mol. The van der Waals surface area contributed by atoms with Crippen LogP contribution in [0.25, 0.3) is 0 Å². The number of nitrogens with zero attached hydrogens (tertiary/aromatic N) is 6. The van der Waals surface area contributed by atoms with E-state index in [9.17, 15) is 19.2 Å². The number of ketones is 1. The quantitative estimate of drug-likeness (QED) is 0.0947. The predicted octanol–water partition coefficient (Wildman–Crippen LogP) is 17.4. The Morgan fingerprint density at radius 3 is 1.28 bits per heavy atom. The number of carbonyl (C=O) groups is 4. The molecule has 0 aromatic rings. The van der Waals surface area contributed by atoms with Crippen LogP contribution in [0.3, 0.4) is 0 Å². The molecule has 0 N–H and O–H groups in total. The smallest absolute Gasteiger partial charge is 0.222 e. The Bertz CT molecular complexity index is 1450. The normalized spacial score (nSPS) is 12.9. The fourth-order valence-electron chi connectivity index (χ4n) is 7.50. The number of rotatable bonds is 24. The average molecular weight is 1080 g/mol. The summed E-state index contributed by atoms with van der Waals surface area (Å²) in [4.78, 5) is 54.8. The molecule has 2 aliphatic rings. The van der Waals surface area contributed by atoms with Gasteiger partial charge in [0.25, 0.3) is 0 Å². The maximum Gasteiger partial charge on any atom is 0.222 e. The highest BCUT2D eigenvalue weighted by Gasteiger charge is 2.22. The van der Waals surface area contributed by atoms with Crippen molar-refractivity contribution in [1.82, 2.24) is 24.5 Å². The minimum Gasteiger partial charge on any atom is -0.381 e. The highest BCUT2D eigenvalue weighted by Crippen LogP contribution is 2.23. The molecule has 76 heavy (non-hydrogen) atoms. The fraction of sp³-hybridized carbons (Fsp3) is 0.864. The van der Waals surface area contributed by atoms with E-state index in [2.05, 4.69) is 147 Å². The number of piperidine rings is 1. The zero-order valence-corrected chi connectivity index (χ0v) is 54.4. The number of hydrogen-bond donors (Lipinski definition) is 0. The number of nitriles is 1. The van der Waals surface area contributed by atoms with Crippen LogP contribution >= 0.6 is 0 Å². The zero-order valence-electron chi connectivity index (χ0n) is 54.4. The van der Waals surface area contributed by atoms with E-state index in [0.717, 1.165) is 88.8 Å². The van der Waals surface area contributed by atoms with Gasteiger partial charge in [-0.15, -0.1) is 0 Å². The Kier molecular flexibility index (Phi) is 59.3. The maximum absolute atomic E-state index is 11.8. The first-order valence-electron chi connectivity index (χ1n) is 30.1. The highest BCUT2D eigenvalue weighted by atomic mass is 16.2. The summed E-state index contributed by atoms with van der Waals surface area (Å²) < 4.78 is 0. The summed E-state index contributed by atoms with van der Waals surface area (Å²) in [5, 5.41) is 8.07. The zero-order chi connectivity index (χ0) is 59.2. The topological polar surface area (TPSA) is 108 Å². The summed E-state index contributed by atoms with van der Waals surface area (Å²) >= 11 is 0. The summed E-state index contributed by atoms with van der Waals surface area (Å²) in [6.45, 7) is 47.6. The number of carbonyl (C=O) groups excluding carboxylic acids is 4. The molecule has 10 nitrogen and oxygen atoms in total. The van der Waals surface area contributed by atoms with Gasteiger partial charge in [0.1, 0.15) is 5.78 Å². The van der Waals surface area contributed by atoms with Crippen molar-refractivity contribution >= 4 is 23.5 Å². The van der Waals surface area contributed by atoms with Crippen molar-refractivity contribution in [3.05, 3.63) is 24.6 Å². The summed E-state index contributed by atoms with van der Waals surface area (Å²) in [5.41, 5.74) is 2.49. The van der Waals surface area contributed by atoms with Crippen LogP contribution in [0.1, 0.15) is 260 Å². The van der Waals surface area contributed by atoms with Gasteiger partial charge in [-0.05, 0) is 131 Å². The third-order valence-corrected chi connectivity index (χ3v) is 12.8. The molecule has 0 aromatic carbocycles. The van der Waals surface area contributed by atoms with Gasteiger partial charge >= 0.3 is 0 Å². The van der Waals surface area contributed by atoms with Crippen LogP contribution in [0.15, 0.2) is 24.6 Å². The average Bonchev–Trinajstić information content (AvgIpc) is 3.31. The van der Waals surface area contributed by atoms with Crippen molar-refractivity contribution in [2.45, 2.75) is 266 Å². The van der Waals surface area contributed by atoms with E-state index in [0.29, 0.717) is 72.5 Å². The largest absolute Gasteiger partial charge is 0.381 e. The van der Waals surface area contributed by atoms with E-state index in [1.807, 2.05) is 30.9 Å². The third-order valence-electron chi connectivity index (χ3n) is 12.8. The van der Waals surface area contributed by atoms with Crippen molar-refractivity contribution in [1.29, 1.82) is 5.26 Å². The van der Waals surface area contributed by atoms with Gasteiger partial charge in [-0.25, -0.2) is 0 Å². The first-order valence-corrected chi connectivity index (χ1v) is 30.1. The van der Waals surface area contributed by atoms with E-state index in [4.69, 9.17) is 5.26 Å². The standard InChI is InChI=1S/2C12H23NO.C12H25N.C8H17NO.C8H17N.C7H14O.C6H11N.CH4/c1-10(2)9-12(14)13(3)11-7-5-4-6-8-11;1-11(2)7-6-8-12(14)13-9-4-3-5-10-13;1-10(2)7-8-13(6)12(5)9-11(3)4;1-7(2)5-6-8(10)9(3)4;1-7(2)6-8(3)9(4)5;1-6(2)4-5-7(3)8;1-6(2)4-3-5-7;/h10-11H,4-9H2,1-3H3;11H,3-10H2,1-2H3;10-11H,5,7-9H2,1-4,6H3;7H,5-6H2,1-4H3;7H,3,6H2,1-2,4-5H3;6H,4-5H2,1-3H3;6H,3-4H2,1-2H3;1H4. The van der Waals surface area contributed by atoms with Crippen molar-refractivity contribution in [2.75, 3.05) is 61.9 Å². The van der Waals surface area contributed by atoms with Crippen molar-refractivity contribution in [3.63, 3.8) is 0 Å². The summed E-state index contributed by atoms with van der Waals surface area (Å²) in [7, 11) is 11.8. The second-order valence-electron chi connectivity index (χ2n) is 25.4. The molecular formula is C66H134N6O4. The Balaban J connectivity index is -0.000000190. The van der Waals surface area contributed by atoms with Crippen LogP contribution in [-0.2, 0) is 19.2 Å². The SMILES string of the molecule is C.C=C(CC(C)C)N(C)C.C=C(CC(C)C)N(C)CCC(C)C.CC(=O)CCC(C)C.CC(C)CC(=O)N(C)C1CCCCC1.CC(C)CCC#N.CC(C)CCC(=O)N(C)C.CC(C)CCCC(=O)N1CCCCC1. The molecule has 0 bridgehead atoms. The Hall–Kier alpha value is -3.35. The fourth-order valence-corrected chi connectivity index (χ4v) is 7.50. The van der Waals surface area contributed by atoms with Gasteiger partial charge in [0.2, 0.25) is 17.7 Å². The second kappa shape index (κ2) is 53.6. The molecule has 0 aromatic heterocycles. The van der Waals surface area contributed by atoms with Crippen LogP contribution in [0.4, 0.5) is 0 Å². The van der Waals surface area contributed by atoms with Crippen molar-refractivity contribution in [3.8, 4) is 6.07 Å². The summed E-state index contributed by atoms with van der Waals surface area (Å²) in [6.07, 6.45) is 22.5. The van der Waals surface area contributed by atoms with Crippen molar-refractivity contribution < 1.29 is 19.2 Å². The molecule has 1 saturated carbocycles. The first kappa shape index (κ1) is 84.0. The minimum atomic E-state index is 0. The Morgan fingerprint density at radius 2 is 0.934 bits per heavy atom. The van der Waals surface area contributed by atoms with Gasteiger partial charge in [0, 0.05) is 111 Å². The molecule has 3 amide bonds. The molecule has 0 spiro atoms. The molecule has 0 unspecified atom stereocenters. The predicted molar refractivity (Wildman–Crippen MR) is 335 cm³/mol. The lowest BCUT2D eigenvalue weighted by molar-refractivity contribution is -0.133. The molecule has 1 saturated heterocycles. The molecule has 1 heterocycles. The van der Waals surface area contributed by atoms with Crippen LogP contribution in [0.2, 0.25) is 0 Å². The van der Waals surface area contributed by atoms with Gasteiger partial charge in [0.05, 0.1) is 6.07 Å². The van der Waals surface area contributed by atoms with E-state index in [-0.39, 0.29) is 13.3 Å². The van der Waals surface area contributed by atoms with Gasteiger partial charge in [-0.3, -0.25) is 14.4 Å². The Labute approximate surface area is 476 Å². The Morgan fingerprint density at radius 1 is 0.513 bits per heavy atom.